The molecule has 0 bridgehead atoms. The maximum atomic E-state index is 12.3. The molecular formula is C14H9ClO3. The molecule has 1 aromatic heterocycles. The number of hydrogen-bond acceptors (Lipinski definition) is 3. The van der Waals surface area contributed by atoms with Crippen LogP contribution >= 0.6 is 11.6 Å². The first-order valence-corrected chi connectivity index (χ1v) is 5.83. The van der Waals surface area contributed by atoms with Crippen molar-refractivity contribution in [2.75, 3.05) is 0 Å². The molecule has 0 unspecified atom stereocenters. The first-order valence-electron chi connectivity index (χ1n) is 5.45. The highest BCUT2D eigenvalue weighted by atomic mass is 35.5. The van der Waals surface area contributed by atoms with Gasteiger partial charge in [-0.1, -0.05) is 23.7 Å². The molecule has 0 saturated heterocycles. The van der Waals surface area contributed by atoms with E-state index in [9.17, 15) is 4.79 Å². The van der Waals surface area contributed by atoms with Gasteiger partial charge in [0.1, 0.15) is 11.2 Å². The van der Waals surface area contributed by atoms with E-state index in [1.165, 1.54) is 0 Å². The van der Waals surface area contributed by atoms with Crippen molar-refractivity contribution in [3.05, 3.63) is 57.2 Å². The standard InChI is InChI=1S/C14H9ClO3/c15-11-6-10-13(5-8(11)7-16)18-12-4-2-1-3-9(12)14(10)17/h1-6,16H,7H2. The van der Waals surface area contributed by atoms with Crippen molar-refractivity contribution in [1.29, 1.82) is 0 Å². The van der Waals surface area contributed by atoms with Crippen LogP contribution in [-0.2, 0) is 6.61 Å². The van der Waals surface area contributed by atoms with E-state index in [4.69, 9.17) is 21.1 Å². The first-order chi connectivity index (χ1) is 8.70. The predicted molar refractivity (Wildman–Crippen MR) is 70.9 cm³/mol. The number of aliphatic hydroxyl groups excluding tert-OH is 1. The van der Waals surface area contributed by atoms with Gasteiger partial charge in [-0.3, -0.25) is 4.79 Å². The minimum absolute atomic E-state index is 0.113. The zero-order valence-electron chi connectivity index (χ0n) is 9.31. The topological polar surface area (TPSA) is 50.4 Å². The van der Waals surface area contributed by atoms with Crippen LogP contribution in [0.2, 0.25) is 5.02 Å². The zero-order valence-corrected chi connectivity index (χ0v) is 10.1. The summed E-state index contributed by atoms with van der Waals surface area (Å²) in [6.07, 6.45) is 0. The van der Waals surface area contributed by atoms with Crippen molar-refractivity contribution in [1.82, 2.24) is 0 Å². The van der Waals surface area contributed by atoms with E-state index in [0.717, 1.165) is 0 Å². The molecule has 3 nitrogen and oxygen atoms in total. The second-order valence-corrected chi connectivity index (χ2v) is 4.43. The molecule has 0 aliphatic heterocycles. The molecule has 18 heavy (non-hydrogen) atoms. The summed E-state index contributed by atoms with van der Waals surface area (Å²) in [5, 5.41) is 10.5. The normalized spacial score (nSPS) is 11.2. The number of aliphatic hydroxyl groups is 1. The molecule has 0 atom stereocenters. The summed E-state index contributed by atoms with van der Waals surface area (Å²) in [5.41, 5.74) is 1.40. The van der Waals surface area contributed by atoms with E-state index < -0.39 is 0 Å². The third-order valence-corrected chi connectivity index (χ3v) is 3.27. The van der Waals surface area contributed by atoms with Crippen molar-refractivity contribution in [2.45, 2.75) is 6.61 Å². The van der Waals surface area contributed by atoms with Crippen LogP contribution in [0.4, 0.5) is 0 Å². The number of para-hydroxylation sites is 1. The van der Waals surface area contributed by atoms with Crippen LogP contribution in [0.3, 0.4) is 0 Å². The molecule has 0 radical (unpaired) electrons. The highest BCUT2D eigenvalue weighted by Gasteiger charge is 2.10. The van der Waals surface area contributed by atoms with Crippen molar-refractivity contribution >= 4 is 33.5 Å². The van der Waals surface area contributed by atoms with Gasteiger partial charge < -0.3 is 9.52 Å². The van der Waals surface area contributed by atoms with Crippen LogP contribution in [0.1, 0.15) is 5.56 Å². The molecule has 0 aliphatic carbocycles. The molecule has 90 valence electrons. The Morgan fingerprint density at radius 2 is 1.89 bits per heavy atom. The van der Waals surface area contributed by atoms with Gasteiger partial charge in [-0.25, -0.2) is 0 Å². The maximum Gasteiger partial charge on any atom is 0.200 e. The predicted octanol–water partition coefficient (Wildman–Crippen LogP) is 3.09. The third kappa shape index (κ3) is 1.60. The number of fused-ring (bicyclic) bond motifs is 2. The molecule has 0 aliphatic rings. The Labute approximate surface area is 107 Å². The number of rotatable bonds is 1. The number of benzene rings is 2. The van der Waals surface area contributed by atoms with E-state index in [-0.39, 0.29) is 12.0 Å². The van der Waals surface area contributed by atoms with Gasteiger partial charge in [-0.2, -0.15) is 0 Å². The number of halogens is 1. The van der Waals surface area contributed by atoms with Crippen molar-refractivity contribution in [3.8, 4) is 0 Å². The first kappa shape index (κ1) is 11.3. The van der Waals surface area contributed by atoms with Crippen LogP contribution in [-0.4, -0.2) is 5.11 Å². The quantitative estimate of drug-likeness (QED) is 0.684. The lowest BCUT2D eigenvalue weighted by atomic mass is 10.1. The lowest BCUT2D eigenvalue weighted by Crippen LogP contribution is -2.02. The SMILES string of the molecule is O=c1c2ccccc2oc2cc(CO)c(Cl)cc12. The Bertz CT molecular complexity index is 805. The Morgan fingerprint density at radius 3 is 2.67 bits per heavy atom. The summed E-state index contributed by atoms with van der Waals surface area (Å²) in [7, 11) is 0. The van der Waals surface area contributed by atoms with Gasteiger partial charge in [0, 0.05) is 5.02 Å². The lowest BCUT2D eigenvalue weighted by Gasteiger charge is -2.04. The second kappa shape index (κ2) is 4.12. The molecule has 2 aromatic carbocycles. The molecule has 0 spiro atoms. The fraction of sp³-hybridized carbons (Fsp3) is 0.0714. The van der Waals surface area contributed by atoms with E-state index in [0.29, 0.717) is 32.5 Å². The molecule has 1 heterocycles. The van der Waals surface area contributed by atoms with Crippen LogP contribution in [0.15, 0.2) is 45.6 Å². The molecular weight excluding hydrogens is 252 g/mol. The maximum absolute atomic E-state index is 12.3. The molecule has 0 fully saturated rings. The highest BCUT2D eigenvalue weighted by Crippen LogP contribution is 2.25. The van der Waals surface area contributed by atoms with E-state index >= 15 is 0 Å². The van der Waals surface area contributed by atoms with Crippen molar-refractivity contribution < 1.29 is 9.52 Å². The smallest absolute Gasteiger partial charge is 0.200 e. The van der Waals surface area contributed by atoms with Gasteiger partial charge in [-0.15, -0.1) is 0 Å². The van der Waals surface area contributed by atoms with E-state index in [2.05, 4.69) is 0 Å². The Morgan fingerprint density at radius 1 is 1.11 bits per heavy atom. The fourth-order valence-corrected chi connectivity index (χ4v) is 2.21. The van der Waals surface area contributed by atoms with Crippen molar-refractivity contribution in [3.63, 3.8) is 0 Å². The molecule has 4 heteroatoms. The monoisotopic (exact) mass is 260 g/mol. The largest absolute Gasteiger partial charge is 0.456 e. The van der Waals surface area contributed by atoms with Gasteiger partial charge in [-0.05, 0) is 29.8 Å². The summed E-state index contributed by atoms with van der Waals surface area (Å²) in [5.74, 6) is 0. The van der Waals surface area contributed by atoms with Gasteiger partial charge in [0.2, 0.25) is 5.43 Å². The van der Waals surface area contributed by atoms with Gasteiger partial charge in [0.05, 0.1) is 17.4 Å². The Kier molecular flexibility index (Phi) is 2.58. The van der Waals surface area contributed by atoms with Gasteiger partial charge in [0.25, 0.3) is 0 Å². The number of hydrogen-bond donors (Lipinski definition) is 1. The molecule has 3 rings (SSSR count). The lowest BCUT2D eigenvalue weighted by molar-refractivity contribution is 0.282. The summed E-state index contributed by atoms with van der Waals surface area (Å²) < 4.78 is 5.65. The second-order valence-electron chi connectivity index (χ2n) is 4.03. The summed E-state index contributed by atoms with van der Waals surface area (Å²) >= 11 is 5.99. The van der Waals surface area contributed by atoms with Gasteiger partial charge >= 0.3 is 0 Å². The average Bonchev–Trinajstić information content (AvgIpc) is 2.39. The average molecular weight is 261 g/mol. The fourth-order valence-electron chi connectivity index (χ4n) is 1.99. The van der Waals surface area contributed by atoms with Gasteiger partial charge in [0.15, 0.2) is 0 Å². The summed E-state index contributed by atoms with van der Waals surface area (Å²) in [6, 6.07) is 10.2. The van der Waals surface area contributed by atoms with E-state index in [1.54, 1.807) is 36.4 Å². The minimum Gasteiger partial charge on any atom is -0.456 e. The molecule has 3 aromatic rings. The molecule has 0 saturated carbocycles. The summed E-state index contributed by atoms with van der Waals surface area (Å²) in [6.45, 7) is -0.189. The third-order valence-electron chi connectivity index (χ3n) is 2.92. The van der Waals surface area contributed by atoms with Crippen LogP contribution < -0.4 is 5.43 Å². The highest BCUT2D eigenvalue weighted by molar-refractivity contribution is 6.32. The van der Waals surface area contributed by atoms with Crippen LogP contribution in [0, 0.1) is 0 Å². The Balaban J connectivity index is 2.52. The molecule has 0 amide bonds. The van der Waals surface area contributed by atoms with E-state index in [1.807, 2.05) is 0 Å². The molecule has 1 N–H and O–H groups in total. The van der Waals surface area contributed by atoms with Crippen LogP contribution in [0.25, 0.3) is 21.9 Å². The summed E-state index contributed by atoms with van der Waals surface area (Å²) in [4.78, 5) is 12.3. The minimum atomic E-state index is -0.189. The zero-order chi connectivity index (χ0) is 12.7. The Hall–Kier alpha value is -1.84. The van der Waals surface area contributed by atoms with Crippen molar-refractivity contribution in [2.24, 2.45) is 0 Å². The van der Waals surface area contributed by atoms with Crippen LogP contribution in [0.5, 0.6) is 0 Å².